The van der Waals surface area contributed by atoms with Crippen molar-refractivity contribution in [1.29, 1.82) is 0 Å². The molecule has 0 rings (SSSR count). The maximum absolute atomic E-state index is 12.1. The van der Waals surface area contributed by atoms with E-state index in [-0.39, 0.29) is 17.9 Å². The van der Waals surface area contributed by atoms with E-state index in [0.29, 0.717) is 6.42 Å². The van der Waals surface area contributed by atoms with Gasteiger partial charge in [0.1, 0.15) is 0 Å². The Kier molecular flexibility index (Phi) is 6.44. The number of nitrogens with zero attached hydrogens (tertiary/aromatic N) is 1. The molecule has 0 radical (unpaired) electrons. The van der Waals surface area contributed by atoms with Gasteiger partial charge in [0.15, 0.2) is 0 Å². The fourth-order valence-electron chi connectivity index (χ4n) is 1.68. The topological polar surface area (TPSA) is 86.7 Å². The van der Waals surface area contributed by atoms with Gasteiger partial charge < -0.3 is 5.11 Å². The number of nitrogens with one attached hydrogen (secondary N) is 1. The van der Waals surface area contributed by atoms with Crippen molar-refractivity contribution in [3.8, 4) is 0 Å². The van der Waals surface area contributed by atoms with Crippen LogP contribution in [0.3, 0.4) is 0 Å². The van der Waals surface area contributed by atoms with E-state index in [1.165, 1.54) is 11.4 Å². The van der Waals surface area contributed by atoms with Crippen LogP contribution in [0.15, 0.2) is 0 Å². The van der Waals surface area contributed by atoms with Crippen molar-refractivity contribution in [3.63, 3.8) is 0 Å². The number of carboxylic acid groups (broad SMARTS) is 1. The van der Waals surface area contributed by atoms with Crippen molar-refractivity contribution in [2.75, 3.05) is 7.05 Å². The largest absolute Gasteiger partial charge is 0.481 e. The minimum atomic E-state index is -3.66. The van der Waals surface area contributed by atoms with Crippen LogP contribution in [0, 0.1) is 5.41 Å². The summed E-state index contributed by atoms with van der Waals surface area (Å²) in [5.74, 6) is -1.01. The first-order valence-electron chi connectivity index (χ1n) is 6.32. The summed E-state index contributed by atoms with van der Waals surface area (Å²) in [7, 11) is -2.18. The molecule has 0 amide bonds. The standard InChI is InChI=1S/C12H26N2O4S/c1-9(2)14(6)19(17,18)13-10(7-11(15)16)8-12(3,4)5/h9-10,13H,7-8H2,1-6H3,(H,15,16). The molecule has 7 heteroatoms. The Labute approximate surface area is 116 Å². The zero-order valence-corrected chi connectivity index (χ0v) is 13.4. The quantitative estimate of drug-likeness (QED) is 0.744. The lowest BCUT2D eigenvalue weighted by molar-refractivity contribution is -0.137. The van der Waals surface area contributed by atoms with Gasteiger partial charge in [-0.05, 0) is 25.7 Å². The van der Waals surface area contributed by atoms with E-state index in [1.54, 1.807) is 13.8 Å². The van der Waals surface area contributed by atoms with Gasteiger partial charge in [0.2, 0.25) is 0 Å². The van der Waals surface area contributed by atoms with Crippen molar-refractivity contribution in [2.45, 2.75) is 59.5 Å². The molecule has 114 valence electrons. The molecule has 19 heavy (non-hydrogen) atoms. The van der Waals surface area contributed by atoms with Crippen LogP contribution in [0.4, 0.5) is 0 Å². The second kappa shape index (κ2) is 6.67. The number of carbonyl (C=O) groups is 1. The second-order valence-corrected chi connectivity index (χ2v) is 8.05. The van der Waals surface area contributed by atoms with Crippen molar-refractivity contribution < 1.29 is 18.3 Å². The average molecular weight is 294 g/mol. The first-order chi connectivity index (χ1) is 8.35. The molecule has 2 N–H and O–H groups in total. The smallest absolute Gasteiger partial charge is 0.304 e. The van der Waals surface area contributed by atoms with Gasteiger partial charge >= 0.3 is 5.97 Å². The molecule has 0 aromatic heterocycles. The minimum absolute atomic E-state index is 0.154. The van der Waals surface area contributed by atoms with Gasteiger partial charge in [-0.2, -0.15) is 17.4 Å². The molecular formula is C12H26N2O4S. The summed E-state index contributed by atoms with van der Waals surface area (Å²) < 4.78 is 27.8. The Morgan fingerprint density at radius 3 is 2.11 bits per heavy atom. The Morgan fingerprint density at radius 1 is 1.32 bits per heavy atom. The lowest BCUT2D eigenvalue weighted by Crippen LogP contribution is -2.47. The molecule has 1 unspecified atom stereocenters. The summed E-state index contributed by atoms with van der Waals surface area (Å²) in [6.45, 7) is 9.36. The third-order valence-corrected chi connectivity index (χ3v) is 4.51. The molecule has 0 aliphatic carbocycles. The molecular weight excluding hydrogens is 268 g/mol. The monoisotopic (exact) mass is 294 g/mol. The van der Waals surface area contributed by atoms with Crippen LogP contribution in [0.25, 0.3) is 0 Å². The lowest BCUT2D eigenvalue weighted by Gasteiger charge is -2.28. The molecule has 0 spiro atoms. The zero-order valence-electron chi connectivity index (χ0n) is 12.6. The molecule has 1 atom stereocenters. The summed E-state index contributed by atoms with van der Waals surface area (Å²) in [6, 6.07) is -0.790. The van der Waals surface area contributed by atoms with Crippen LogP contribution in [-0.2, 0) is 15.0 Å². The number of carboxylic acids is 1. The van der Waals surface area contributed by atoms with Crippen LogP contribution >= 0.6 is 0 Å². The third-order valence-electron chi connectivity index (χ3n) is 2.70. The first kappa shape index (κ1) is 18.3. The van der Waals surface area contributed by atoms with Gasteiger partial charge in [0, 0.05) is 19.1 Å². The predicted octanol–water partition coefficient (Wildman–Crippen LogP) is 1.44. The molecule has 0 aromatic carbocycles. The molecule has 0 heterocycles. The number of hydrogen-bond donors (Lipinski definition) is 2. The van der Waals surface area contributed by atoms with Gasteiger partial charge in [-0.25, -0.2) is 0 Å². The van der Waals surface area contributed by atoms with Crippen molar-refractivity contribution in [2.24, 2.45) is 5.41 Å². The first-order valence-corrected chi connectivity index (χ1v) is 7.76. The molecule has 0 saturated heterocycles. The molecule has 0 aliphatic heterocycles. The third kappa shape index (κ3) is 7.49. The number of hydrogen-bond acceptors (Lipinski definition) is 3. The van der Waals surface area contributed by atoms with E-state index < -0.39 is 22.2 Å². The highest BCUT2D eigenvalue weighted by Crippen LogP contribution is 2.23. The van der Waals surface area contributed by atoms with E-state index in [4.69, 9.17) is 5.11 Å². The van der Waals surface area contributed by atoms with Gasteiger partial charge in [-0.15, -0.1) is 0 Å². The molecule has 0 aromatic rings. The van der Waals surface area contributed by atoms with Crippen LogP contribution in [0.2, 0.25) is 0 Å². The highest BCUT2D eigenvalue weighted by molar-refractivity contribution is 7.87. The van der Waals surface area contributed by atoms with Crippen molar-refractivity contribution >= 4 is 16.2 Å². The normalized spacial score (nSPS) is 14.9. The van der Waals surface area contributed by atoms with Crippen LogP contribution in [-0.4, -0.2) is 42.9 Å². The fourth-order valence-corrected chi connectivity index (χ4v) is 2.99. The van der Waals surface area contributed by atoms with Crippen LogP contribution in [0.1, 0.15) is 47.5 Å². The highest BCUT2D eigenvalue weighted by atomic mass is 32.2. The van der Waals surface area contributed by atoms with E-state index in [9.17, 15) is 13.2 Å². The van der Waals surface area contributed by atoms with Gasteiger partial charge in [-0.1, -0.05) is 20.8 Å². The van der Waals surface area contributed by atoms with Gasteiger partial charge in [-0.3, -0.25) is 4.79 Å². The zero-order chi connectivity index (χ0) is 15.4. The summed E-state index contributed by atoms with van der Waals surface area (Å²) in [4.78, 5) is 10.8. The summed E-state index contributed by atoms with van der Waals surface area (Å²) in [6.07, 6.45) is 0.243. The van der Waals surface area contributed by atoms with E-state index >= 15 is 0 Å². The molecule has 0 fully saturated rings. The summed E-state index contributed by atoms with van der Waals surface area (Å²) in [5, 5.41) is 8.88. The summed E-state index contributed by atoms with van der Waals surface area (Å²) in [5.41, 5.74) is -0.154. The SMILES string of the molecule is CC(C)N(C)S(=O)(=O)NC(CC(=O)O)CC(C)(C)C. The molecule has 0 bridgehead atoms. The number of aliphatic carboxylic acids is 1. The maximum Gasteiger partial charge on any atom is 0.304 e. The van der Waals surface area contributed by atoms with Gasteiger partial charge in [0.05, 0.1) is 6.42 Å². The lowest BCUT2D eigenvalue weighted by atomic mass is 9.87. The Hall–Kier alpha value is -0.660. The Bertz CT molecular complexity index is 398. The minimum Gasteiger partial charge on any atom is -0.481 e. The summed E-state index contributed by atoms with van der Waals surface area (Å²) >= 11 is 0. The van der Waals surface area contributed by atoms with E-state index in [2.05, 4.69) is 4.72 Å². The number of rotatable bonds is 7. The van der Waals surface area contributed by atoms with Crippen molar-refractivity contribution in [1.82, 2.24) is 9.03 Å². The van der Waals surface area contributed by atoms with Crippen LogP contribution in [0.5, 0.6) is 0 Å². The van der Waals surface area contributed by atoms with E-state index in [1.807, 2.05) is 20.8 Å². The predicted molar refractivity (Wildman–Crippen MR) is 75.1 cm³/mol. The average Bonchev–Trinajstić information content (AvgIpc) is 2.11. The highest BCUT2D eigenvalue weighted by Gasteiger charge is 2.28. The van der Waals surface area contributed by atoms with Crippen LogP contribution < -0.4 is 4.72 Å². The van der Waals surface area contributed by atoms with Gasteiger partial charge in [0.25, 0.3) is 10.2 Å². The molecule has 0 saturated carbocycles. The Balaban J connectivity index is 4.96. The second-order valence-electron chi connectivity index (χ2n) is 6.29. The van der Waals surface area contributed by atoms with Crippen molar-refractivity contribution in [3.05, 3.63) is 0 Å². The molecule has 6 nitrogen and oxygen atoms in total. The molecule has 0 aliphatic rings. The maximum atomic E-state index is 12.1. The van der Waals surface area contributed by atoms with E-state index in [0.717, 1.165) is 0 Å². The fraction of sp³-hybridized carbons (Fsp3) is 0.917. The Morgan fingerprint density at radius 2 is 1.79 bits per heavy atom.